The molecule has 15 aromatic rings. The number of hydrogen-bond donors (Lipinski definition) is 0. The first-order valence-corrected chi connectivity index (χ1v) is 23.5. The third-order valence-corrected chi connectivity index (χ3v) is 14.7. The van der Waals surface area contributed by atoms with Crippen LogP contribution in [0.25, 0.3) is 137 Å². The highest BCUT2D eigenvalue weighted by atomic mass is 16.3. The minimum Gasteiger partial charge on any atom is -0.456 e. The number of fused-ring (bicyclic) bond motifs is 16. The van der Waals surface area contributed by atoms with Gasteiger partial charge >= 0.3 is 0 Å². The van der Waals surface area contributed by atoms with Crippen molar-refractivity contribution in [3.05, 3.63) is 223 Å². The van der Waals surface area contributed by atoms with E-state index in [9.17, 15) is 10.5 Å². The Morgan fingerprint density at radius 2 is 0.714 bits per heavy atom. The van der Waals surface area contributed by atoms with Gasteiger partial charge in [0.1, 0.15) is 34.4 Å². The molecule has 0 aliphatic carbocycles. The summed E-state index contributed by atoms with van der Waals surface area (Å²) in [4.78, 5) is 0. The Kier molecular flexibility index (Phi) is 7.82. The smallest absolute Gasteiger partial charge is 0.135 e. The zero-order valence-electron chi connectivity index (χ0n) is 37.4. The molecule has 0 saturated carbocycles. The second-order valence-electron chi connectivity index (χ2n) is 18.1. The number of hydrogen-bond acceptors (Lipinski definition) is 3. The molecule has 15 rings (SSSR count). The second-order valence-corrected chi connectivity index (χ2v) is 18.1. The van der Waals surface area contributed by atoms with Crippen LogP contribution in [0.15, 0.2) is 217 Å². The first-order chi connectivity index (χ1) is 34.7. The maximum atomic E-state index is 12.4. The van der Waals surface area contributed by atoms with E-state index in [0.29, 0.717) is 28.2 Å². The van der Waals surface area contributed by atoms with E-state index in [1.807, 2.05) is 36.4 Å². The first kappa shape index (κ1) is 38.2. The molecule has 0 amide bonds. The molecule has 0 saturated heterocycles. The Hall–Kier alpha value is -9.88. The standard InChI is InChI=1S/C64H35N5O/c65-36-51-62(67-53-24-10-5-19-43(53)44-20-6-11-25-54(44)67)52(37-66)64(69-56-27-13-8-22-46(56)49-33-30-39-16-2-4-18-42(39)61(49)69)59(40-31-34-58-50(35-40)47-23-9-14-28-57(47)70-58)63(51)68-55-26-12-7-21-45(55)48-32-29-38-15-1-3-17-41(38)60(48)68/h1-35H. The van der Waals surface area contributed by atoms with Crippen LogP contribution in [0.1, 0.15) is 11.1 Å². The Morgan fingerprint density at radius 3 is 1.21 bits per heavy atom. The average Bonchev–Trinajstić information content (AvgIpc) is 4.16. The number of rotatable bonds is 4. The van der Waals surface area contributed by atoms with Gasteiger partial charge in [-0.3, -0.25) is 0 Å². The van der Waals surface area contributed by atoms with Gasteiger partial charge in [0, 0.05) is 59.4 Å². The van der Waals surface area contributed by atoms with Crippen LogP contribution >= 0.6 is 0 Å². The molecular formula is C64H35N5O. The molecule has 0 spiro atoms. The fourth-order valence-electron chi connectivity index (χ4n) is 11.8. The summed E-state index contributed by atoms with van der Waals surface area (Å²) < 4.78 is 13.3. The van der Waals surface area contributed by atoms with Gasteiger partial charge < -0.3 is 18.1 Å². The van der Waals surface area contributed by atoms with Crippen LogP contribution in [0.2, 0.25) is 0 Å². The van der Waals surface area contributed by atoms with E-state index >= 15 is 0 Å². The Balaban J connectivity index is 1.28. The van der Waals surface area contributed by atoms with Crippen molar-refractivity contribution < 1.29 is 4.42 Å². The summed E-state index contributed by atoms with van der Waals surface area (Å²) in [5.41, 5.74) is 11.4. The fourth-order valence-corrected chi connectivity index (χ4v) is 11.8. The molecule has 4 aromatic heterocycles. The molecule has 0 unspecified atom stereocenters. The van der Waals surface area contributed by atoms with Gasteiger partial charge in [-0.1, -0.05) is 170 Å². The highest BCUT2D eigenvalue weighted by molar-refractivity contribution is 6.22. The lowest BCUT2D eigenvalue weighted by atomic mass is 9.90. The topological polar surface area (TPSA) is 75.5 Å². The molecule has 322 valence electrons. The molecular weight excluding hydrogens is 855 g/mol. The summed E-state index contributed by atoms with van der Waals surface area (Å²) in [5.74, 6) is 0. The van der Waals surface area contributed by atoms with Crippen molar-refractivity contribution in [1.29, 1.82) is 10.5 Å². The van der Waals surface area contributed by atoms with Crippen LogP contribution in [0.4, 0.5) is 0 Å². The van der Waals surface area contributed by atoms with Gasteiger partial charge in [-0.25, -0.2) is 0 Å². The van der Waals surface area contributed by atoms with Gasteiger partial charge in [0.25, 0.3) is 0 Å². The summed E-state index contributed by atoms with van der Waals surface area (Å²) in [5, 5.41) is 37.2. The Labute approximate surface area is 399 Å². The quantitative estimate of drug-likeness (QED) is 0.177. The third kappa shape index (κ3) is 5.03. The van der Waals surface area contributed by atoms with E-state index in [-0.39, 0.29) is 0 Å². The normalized spacial score (nSPS) is 12.0. The Bertz CT molecular complexity index is 4620. The van der Waals surface area contributed by atoms with Crippen LogP contribution < -0.4 is 0 Å². The molecule has 6 nitrogen and oxygen atoms in total. The van der Waals surface area contributed by atoms with Gasteiger partial charge in [0.05, 0.1) is 50.2 Å². The van der Waals surface area contributed by atoms with Crippen molar-refractivity contribution in [1.82, 2.24) is 13.7 Å². The van der Waals surface area contributed by atoms with E-state index in [0.717, 1.165) is 120 Å². The molecule has 4 heterocycles. The largest absolute Gasteiger partial charge is 0.456 e. The van der Waals surface area contributed by atoms with Crippen molar-refractivity contribution in [2.24, 2.45) is 0 Å². The van der Waals surface area contributed by atoms with E-state index in [1.54, 1.807) is 0 Å². The lowest BCUT2D eigenvalue weighted by molar-refractivity contribution is 0.669. The first-order valence-electron chi connectivity index (χ1n) is 23.5. The van der Waals surface area contributed by atoms with Crippen LogP contribution in [0.3, 0.4) is 0 Å². The van der Waals surface area contributed by atoms with Gasteiger partial charge in [0.2, 0.25) is 0 Å². The van der Waals surface area contributed by atoms with Crippen molar-refractivity contribution >= 4 is 109 Å². The van der Waals surface area contributed by atoms with E-state index in [4.69, 9.17) is 4.42 Å². The number of para-hydroxylation sites is 5. The maximum Gasteiger partial charge on any atom is 0.135 e. The van der Waals surface area contributed by atoms with E-state index in [1.165, 1.54) is 0 Å². The molecule has 0 atom stereocenters. The molecule has 6 heteroatoms. The summed E-state index contributed by atoms with van der Waals surface area (Å²) in [7, 11) is 0. The second kappa shape index (κ2) is 14.3. The number of aromatic nitrogens is 3. The minimum absolute atomic E-state index is 0.375. The van der Waals surface area contributed by atoms with E-state index < -0.39 is 0 Å². The molecule has 0 aliphatic heterocycles. The molecule has 0 fully saturated rings. The van der Waals surface area contributed by atoms with Gasteiger partial charge in [-0.15, -0.1) is 0 Å². The highest BCUT2D eigenvalue weighted by Crippen LogP contribution is 2.51. The molecule has 0 N–H and O–H groups in total. The number of nitriles is 2. The zero-order valence-corrected chi connectivity index (χ0v) is 37.4. The molecule has 11 aromatic carbocycles. The van der Waals surface area contributed by atoms with Crippen molar-refractivity contribution in [3.63, 3.8) is 0 Å². The average molecular weight is 890 g/mol. The van der Waals surface area contributed by atoms with Gasteiger partial charge in [-0.05, 0) is 58.8 Å². The number of nitrogens with zero attached hydrogens (tertiary/aromatic N) is 5. The third-order valence-electron chi connectivity index (χ3n) is 14.7. The van der Waals surface area contributed by atoms with Crippen LogP contribution in [-0.4, -0.2) is 13.7 Å². The van der Waals surface area contributed by atoms with Crippen molar-refractivity contribution in [2.45, 2.75) is 0 Å². The minimum atomic E-state index is 0.375. The number of furan rings is 1. The SMILES string of the molecule is N#Cc1c(-n2c3ccccc3c3ccccc32)c(C#N)c(-n2c3ccccc3c3ccc4ccccc4c32)c(-c2ccc3oc4ccccc4c3c2)c1-n1c2ccccc2c2ccc3ccccc3c21. The van der Waals surface area contributed by atoms with Crippen LogP contribution in [-0.2, 0) is 0 Å². The lowest BCUT2D eigenvalue weighted by Gasteiger charge is -2.26. The summed E-state index contributed by atoms with van der Waals surface area (Å²) in [6.07, 6.45) is 0. The van der Waals surface area contributed by atoms with Gasteiger partial charge in [-0.2, -0.15) is 10.5 Å². The Morgan fingerprint density at radius 1 is 0.314 bits per heavy atom. The van der Waals surface area contributed by atoms with Crippen molar-refractivity contribution in [3.8, 4) is 40.3 Å². The monoisotopic (exact) mass is 889 g/mol. The summed E-state index contributed by atoms with van der Waals surface area (Å²) in [6, 6.07) is 79.6. The molecule has 70 heavy (non-hydrogen) atoms. The lowest BCUT2D eigenvalue weighted by Crippen LogP contribution is -2.14. The predicted molar refractivity (Wildman–Crippen MR) is 287 cm³/mol. The highest BCUT2D eigenvalue weighted by Gasteiger charge is 2.34. The summed E-state index contributed by atoms with van der Waals surface area (Å²) in [6.45, 7) is 0. The summed E-state index contributed by atoms with van der Waals surface area (Å²) >= 11 is 0. The predicted octanol–water partition coefficient (Wildman–Crippen LogP) is 16.6. The molecule has 0 radical (unpaired) electrons. The van der Waals surface area contributed by atoms with Gasteiger partial charge in [0.15, 0.2) is 0 Å². The molecule has 0 bridgehead atoms. The number of benzene rings is 11. The molecule has 0 aliphatic rings. The fraction of sp³-hybridized carbons (Fsp3) is 0. The zero-order chi connectivity index (χ0) is 46.2. The maximum absolute atomic E-state index is 12.4. The van der Waals surface area contributed by atoms with Crippen LogP contribution in [0.5, 0.6) is 0 Å². The van der Waals surface area contributed by atoms with Crippen molar-refractivity contribution in [2.75, 3.05) is 0 Å². The van der Waals surface area contributed by atoms with E-state index in [2.05, 4.69) is 202 Å². The van der Waals surface area contributed by atoms with Crippen LogP contribution in [0, 0.1) is 22.7 Å².